The van der Waals surface area contributed by atoms with Crippen molar-refractivity contribution in [2.24, 2.45) is 0 Å². The Hall–Kier alpha value is -0.650. The number of esters is 1. The van der Waals surface area contributed by atoms with Crippen LogP contribution in [0.15, 0.2) is 0 Å². The van der Waals surface area contributed by atoms with E-state index in [4.69, 9.17) is 10.2 Å². The van der Waals surface area contributed by atoms with Crippen LogP contribution in [0.3, 0.4) is 0 Å². The number of rotatable bonds is 5. The van der Waals surface area contributed by atoms with Crippen molar-refractivity contribution in [3.63, 3.8) is 0 Å². The van der Waals surface area contributed by atoms with Gasteiger partial charge < -0.3 is 19.7 Å². The van der Waals surface area contributed by atoms with Gasteiger partial charge in [-0.05, 0) is 6.92 Å². The molecule has 0 aromatic heterocycles. The number of ether oxygens (including phenoxy) is 2. The third-order valence-electron chi connectivity index (χ3n) is 1.23. The average molecular weight is 178 g/mol. The van der Waals surface area contributed by atoms with Crippen molar-refractivity contribution in [3.05, 3.63) is 0 Å². The highest BCUT2D eigenvalue weighted by Crippen LogP contribution is 1.96. The smallest absolute Gasteiger partial charge is 0.337 e. The van der Waals surface area contributed by atoms with Crippen molar-refractivity contribution in [1.29, 1.82) is 0 Å². The van der Waals surface area contributed by atoms with Crippen LogP contribution in [-0.2, 0) is 14.3 Å². The van der Waals surface area contributed by atoms with Gasteiger partial charge in [-0.25, -0.2) is 4.79 Å². The van der Waals surface area contributed by atoms with Gasteiger partial charge in [-0.15, -0.1) is 0 Å². The molecular formula is C7H14O5. The SMILES string of the molecule is CCOC(=O)[C@@H](O)[C@H](O)COC. The van der Waals surface area contributed by atoms with Gasteiger partial charge in [0.05, 0.1) is 13.2 Å². The quantitative estimate of drug-likeness (QED) is 0.523. The maximum Gasteiger partial charge on any atom is 0.337 e. The first-order valence-corrected chi connectivity index (χ1v) is 3.65. The van der Waals surface area contributed by atoms with Crippen molar-refractivity contribution in [3.8, 4) is 0 Å². The lowest BCUT2D eigenvalue weighted by molar-refractivity contribution is -0.161. The monoisotopic (exact) mass is 178 g/mol. The Labute approximate surface area is 70.9 Å². The Balaban J connectivity index is 3.82. The molecule has 0 unspecified atom stereocenters. The Morgan fingerprint density at radius 3 is 2.50 bits per heavy atom. The minimum absolute atomic E-state index is 0.0972. The second-order valence-electron chi connectivity index (χ2n) is 2.22. The zero-order chi connectivity index (χ0) is 9.56. The molecule has 0 aliphatic carbocycles. The summed E-state index contributed by atoms with van der Waals surface area (Å²) in [6, 6.07) is 0. The standard InChI is InChI=1S/C7H14O5/c1-3-12-7(10)6(9)5(8)4-11-2/h5-6,8-9H,3-4H2,1-2H3/t5-,6+/m1/s1. The number of hydrogen-bond acceptors (Lipinski definition) is 5. The van der Waals surface area contributed by atoms with Crippen molar-refractivity contribution in [1.82, 2.24) is 0 Å². The van der Waals surface area contributed by atoms with E-state index in [9.17, 15) is 4.79 Å². The first kappa shape index (κ1) is 11.4. The van der Waals surface area contributed by atoms with Crippen LogP contribution >= 0.6 is 0 Å². The normalized spacial score (nSPS) is 15.3. The summed E-state index contributed by atoms with van der Waals surface area (Å²) in [6.07, 6.45) is -2.75. The molecule has 0 rings (SSSR count). The average Bonchev–Trinajstić information content (AvgIpc) is 2.04. The van der Waals surface area contributed by atoms with Gasteiger partial charge in [0.25, 0.3) is 0 Å². The lowest BCUT2D eigenvalue weighted by Crippen LogP contribution is -2.38. The van der Waals surface area contributed by atoms with Crippen LogP contribution in [0.1, 0.15) is 6.92 Å². The number of methoxy groups -OCH3 is 1. The van der Waals surface area contributed by atoms with Gasteiger partial charge >= 0.3 is 5.97 Å². The Morgan fingerprint density at radius 1 is 1.50 bits per heavy atom. The maximum absolute atomic E-state index is 10.8. The van der Waals surface area contributed by atoms with E-state index in [0.29, 0.717) is 0 Å². The fraction of sp³-hybridized carbons (Fsp3) is 0.857. The minimum atomic E-state index is -1.52. The van der Waals surface area contributed by atoms with E-state index in [1.54, 1.807) is 6.92 Å². The second-order valence-corrected chi connectivity index (χ2v) is 2.22. The highest BCUT2D eigenvalue weighted by atomic mass is 16.5. The molecule has 0 saturated heterocycles. The number of carbonyl (C=O) groups is 1. The van der Waals surface area contributed by atoms with E-state index >= 15 is 0 Å². The van der Waals surface area contributed by atoms with Crippen molar-refractivity contribution in [2.75, 3.05) is 20.3 Å². The van der Waals surface area contributed by atoms with Gasteiger partial charge in [0.1, 0.15) is 6.10 Å². The molecule has 0 fully saturated rings. The van der Waals surface area contributed by atoms with Gasteiger partial charge in [-0.2, -0.15) is 0 Å². The molecule has 0 amide bonds. The zero-order valence-electron chi connectivity index (χ0n) is 7.19. The first-order chi connectivity index (χ1) is 5.63. The summed E-state index contributed by atoms with van der Waals surface area (Å²) < 4.78 is 9.00. The third kappa shape index (κ3) is 3.66. The van der Waals surface area contributed by atoms with Gasteiger partial charge in [-0.1, -0.05) is 0 Å². The summed E-state index contributed by atoms with van der Waals surface area (Å²) in [6.45, 7) is 1.70. The van der Waals surface area contributed by atoms with Crippen LogP contribution in [0, 0.1) is 0 Å². The maximum atomic E-state index is 10.8. The summed E-state index contributed by atoms with van der Waals surface area (Å²) in [7, 11) is 1.36. The molecule has 0 heterocycles. The van der Waals surface area contributed by atoms with Crippen LogP contribution < -0.4 is 0 Å². The molecule has 0 saturated carbocycles. The molecule has 0 spiro atoms. The molecule has 0 aromatic rings. The van der Waals surface area contributed by atoms with E-state index in [1.165, 1.54) is 7.11 Å². The van der Waals surface area contributed by atoms with Crippen LogP contribution in [0.4, 0.5) is 0 Å². The van der Waals surface area contributed by atoms with E-state index in [2.05, 4.69) is 9.47 Å². The van der Waals surface area contributed by atoms with Gasteiger partial charge in [-0.3, -0.25) is 0 Å². The predicted molar refractivity (Wildman–Crippen MR) is 40.5 cm³/mol. The molecular weight excluding hydrogens is 164 g/mol. The molecule has 0 aliphatic rings. The molecule has 12 heavy (non-hydrogen) atoms. The third-order valence-corrected chi connectivity index (χ3v) is 1.23. The Kier molecular flexibility index (Phi) is 5.61. The highest BCUT2D eigenvalue weighted by Gasteiger charge is 2.24. The van der Waals surface area contributed by atoms with Crippen molar-refractivity contribution < 1.29 is 24.5 Å². The lowest BCUT2D eigenvalue weighted by atomic mass is 10.2. The van der Waals surface area contributed by atoms with Crippen LogP contribution in [0.25, 0.3) is 0 Å². The second kappa shape index (κ2) is 5.93. The van der Waals surface area contributed by atoms with E-state index < -0.39 is 18.2 Å². The summed E-state index contributed by atoms with van der Waals surface area (Å²) in [4.78, 5) is 10.8. The van der Waals surface area contributed by atoms with Crippen molar-refractivity contribution >= 4 is 5.97 Å². The Morgan fingerprint density at radius 2 is 2.08 bits per heavy atom. The molecule has 5 nitrogen and oxygen atoms in total. The van der Waals surface area contributed by atoms with Gasteiger partial charge in [0.15, 0.2) is 6.10 Å². The summed E-state index contributed by atoms with van der Waals surface area (Å²) in [5.41, 5.74) is 0. The molecule has 0 radical (unpaired) electrons. The molecule has 5 heteroatoms. The summed E-state index contributed by atoms with van der Waals surface area (Å²) >= 11 is 0. The van der Waals surface area contributed by atoms with Crippen molar-refractivity contribution in [2.45, 2.75) is 19.1 Å². The van der Waals surface area contributed by atoms with E-state index in [0.717, 1.165) is 0 Å². The summed E-state index contributed by atoms with van der Waals surface area (Å²) in [5, 5.41) is 18.1. The largest absolute Gasteiger partial charge is 0.464 e. The molecule has 72 valence electrons. The van der Waals surface area contributed by atoms with Crippen LogP contribution in [-0.4, -0.2) is 48.7 Å². The summed E-state index contributed by atoms with van der Waals surface area (Å²) in [5.74, 6) is -0.831. The van der Waals surface area contributed by atoms with E-state index in [-0.39, 0.29) is 13.2 Å². The van der Waals surface area contributed by atoms with Gasteiger partial charge in [0, 0.05) is 7.11 Å². The van der Waals surface area contributed by atoms with Crippen LogP contribution in [0.5, 0.6) is 0 Å². The number of carbonyl (C=O) groups excluding carboxylic acids is 1. The minimum Gasteiger partial charge on any atom is -0.464 e. The molecule has 2 N–H and O–H groups in total. The first-order valence-electron chi connectivity index (χ1n) is 3.65. The van der Waals surface area contributed by atoms with Gasteiger partial charge in [0.2, 0.25) is 0 Å². The highest BCUT2D eigenvalue weighted by molar-refractivity contribution is 5.75. The molecule has 2 atom stereocenters. The predicted octanol–water partition coefficient (Wildman–Crippen LogP) is -1.08. The Bertz CT molecular complexity index is 136. The lowest BCUT2D eigenvalue weighted by Gasteiger charge is -2.14. The topological polar surface area (TPSA) is 76.0 Å². The fourth-order valence-corrected chi connectivity index (χ4v) is 0.647. The zero-order valence-corrected chi connectivity index (χ0v) is 7.19. The fourth-order valence-electron chi connectivity index (χ4n) is 0.647. The number of aliphatic hydroxyl groups is 2. The number of hydrogen-bond donors (Lipinski definition) is 2. The molecule has 0 aliphatic heterocycles. The van der Waals surface area contributed by atoms with Crippen LogP contribution in [0.2, 0.25) is 0 Å². The number of aliphatic hydroxyl groups excluding tert-OH is 2. The molecule has 0 bridgehead atoms. The molecule has 0 aromatic carbocycles. The van der Waals surface area contributed by atoms with E-state index in [1.807, 2.05) is 0 Å².